The Hall–Kier alpha value is -1.59. The molecule has 134 valence electrons. The smallest absolute Gasteiger partial charge is 0.222 e. The van der Waals surface area contributed by atoms with Crippen molar-refractivity contribution in [1.29, 1.82) is 0 Å². The highest BCUT2D eigenvalue weighted by molar-refractivity contribution is 5.77. The van der Waals surface area contributed by atoms with Crippen molar-refractivity contribution in [3.63, 3.8) is 0 Å². The number of likely N-dealkylation sites (N-methyl/N-ethyl adjacent to an activating group) is 1. The third-order valence-corrected chi connectivity index (χ3v) is 4.42. The Morgan fingerprint density at radius 3 is 2.83 bits per heavy atom. The first-order chi connectivity index (χ1) is 11.6. The summed E-state index contributed by atoms with van der Waals surface area (Å²) in [6, 6.07) is 8.52. The summed E-state index contributed by atoms with van der Waals surface area (Å²) in [6.45, 7) is 7.61. The van der Waals surface area contributed by atoms with Crippen LogP contribution < -0.4 is 10.1 Å². The van der Waals surface area contributed by atoms with Gasteiger partial charge in [0.2, 0.25) is 5.91 Å². The number of hydrogen-bond donors (Lipinski definition) is 1. The number of hydrogen-bond acceptors (Lipinski definition) is 4. The van der Waals surface area contributed by atoms with Gasteiger partial charge in [0.05, 0.1) is 0 Å². The van der Waals surface area contributed by atoms with E-state index in [1.807, 2.05) is 38.1 Å². The van der Waals surface area contributed by atoms with Crippen LogP contribution in [0.25, 0.3) is 0 Å². The van der Waals surface area contributed by atoms with E-state index < -0.39 is 0 Å². The minimum absolute atomic E-state index is 0.00478. The van der Waals surface area contributed by atoms with Gasteiger partial charge in [0.15, 0.2) is 0 Å². The number of benzene rings is 1. The van der Waals surface area contributed by atoms with Crippen LogP contribution in [0.3, 0.4) is 0 Å². The molecule has 0 saturated carbocycles. The summed E-state index contributed by atoms with van der Waals surface area (Å²) >= 11 is 0. The molecule has 1 aromatic carbocycles. The van der Waals surface area contributed by atoms with Gasteiger partial charge in [-0.15, -0.1) is 0 Å². The summed E-state index contributed by atoms with van der Waals surface area (Å²) < 4.78 is 11.3. The average Bonchev–Trinajstić information content (AvgIpc) is 2.60. The topological polar surface area (TPSA) is 50.8 Å². The lowest BCUT2D eigenvalue weighted by Gasteiger charge is -2.31. The van der Waals surface area contributed by atoms with E-state index in [1.54, 1.807) is 0 Å². The number of carbonyl (C=O) groups excluding carboxylic acids is 1. The van der Waals surface area contributed by atoms with Crippen molar-refractivity contribution in [3.8, 4) is 5.75 Å². The number of nitrogens with zero attached hydrogens (tertiary/aromatic N) is 1. The van der Waals surface area contributed by atoms with Crippen molar-refractivity contribution in [2.45, 2.75) is 39.3 Å². The van der Waals surface area contributed by atoms with Crippen LogP contribution >= 0.6 is 0 Å². The van der Waals surface area contributed by atoms with Crippen LogP contribution in [0.15, 0.2) is 24.3 Å². The van der Waals surface area contributed by atoms with Gasteiger partial charge in [-0.2, -0.15) is 0 Å². The van der Waals surface area contributed by atoms with Crippen molar-refractivity contribution >= 4 is 5.91 Å². The second kappa shape index (κ2) is 9.64. The summed E-state index contributed by atoms with van der Waals surface area (Å²) in [7, 11) is 2.15. The number of nitrogens with one attached hydrogen (secondary N) is 1. The maximum atomic E-state index is 11.6. The molecule has 1 saturated heterocycles. The van der Waals surface area contributed by atoms with Gasteiger partial charge in [0.25, 0.3) is 0 Å². The van der Waals surface area contributed by atoms with Crippen molar-refractivity contribution in [2.75, 3.05) is 33.4 Å². The summed E-state index contributed by atoms with van der Waals surface area (Å²) in [5.74, 6) is 0.927. The van der Waals surface area contributed by atoms with Gasteiger partial charge in [-0.25, -0.2) is 0 Å². The zero-order valence-electron chi connectivity index (χ0n) is 15.1. The van der Waals surface area contributed by atoms with Crippen LogP contribution in [0, 0.1) is 5.92 Å². The van der Waals surface area contributed by atoms with E-state index in [9.17, 15) is 4.79 Å². The Balaban J connectivity index is 1.74. The van der Waals surface area contributed by atoms with Crippen LogP contribution in [0.5, 0.6) is 5.75 Å². The average molecular weight is 334 g/mol. The third kappa shape index (κ3) is 6.13. The van der Waals surface area contributed by atoms with Crippen molar-refractivity contribution in [3.05, 3.63) is 29.8 Å². The van der Waals surface area contributed by atoms with E-state index in [2.05, 4.69) is 17.3 Å². The van der Waals surface area contributed by atoms with Gasteiger partial charge in [-0.3, -0.25) is 9.69 Å². The molecule has 0 aromatic heterocycles. The Labute approximate surface area is 145 Å². The zero-order valence-corrected chi connectivity index (χ0v) is 15.1. The lowest BCUT2D eigenvalue weighted by molar-refractivity contribution is -0.124. The maximum absolute atomic E-state index is 11.6. The van der Waals surface area contributed by atoms with Crippen molar-refractivity contribution in [2.24, 2.45) is 5.92 Å². The Kier molecular flexibility index (Phi) is 7.53. The van der Waals surface area contributed by atoms with Crippen LogP contribution in [0.1, 0.15) is 32.3 Å². The van der Waals surface area contributed by atoms with Crippen LogP contribution in [0.4, 0.5) is 0 Å². The van der Waals surface area contributed by atoms with Gasteiger partial charge in [0.1, 0.15) is 12.4 Å². The van der Waals surface area contributed by atoms with Gasteiger partial charge in [-0.1, -0.05) is 26.0 Å². The van der Waals surface area contributed by atoms with Gasteiger partial charge < -0.3 is 14.8 Å². The second-order valence-electron chi connectivity index (χ2n) is 6.69. The second-order valence-corrected chi connectivity index (χ2v) is 6.69. The largest absolute Gasteiger partial charge is 0.492 e. The summed E-state index contributed by atoms with van der Waals surface area (Å²) in [6.07, 6.45) is 2.20. The Bertz CT molecular complexity index is 513. The molecule has 0 atom stereocenters. The highest BCUT2D eigenvalue weighted by Gasteiger charge is 2.17. The molecule has 2 rings (SSSR count). The molecule has 0 radical (unpaired) electrons. The lowest BCUT2D eigenvalue weighted by Crippen LogP contribution is -2.38. The van der Waals surface area contributed by atoms with E-state index in [0.717, 1.165) is 43.9 Å². The molecule has 5 heteroatoms. The number of rotatable bonds is 8. The molecule has 1 N–H and O–H groups in total. The van der Waals surface area contributed by atoms with Gasteiger partial charge in [-0.05, 0) is 37.6 Å². The molecule has 1 heterocycles. The van der Waals surface area contributed by atoms with Crippen LogP contribution in [-0.4, -0.2) is 50.3 Å². The van der Waals surface area contributed by atoms with E-state index in [4.69, 9.17) is 9.47 Å². The van der Waals surface area contributed by atoms with Gasteiger partial charge >= 0.3 is 0 Å². The Morgan fingerprint density at radius 2 is 2.12 bits per heavy atom. The van der Waals surface area contributed by atoms with Gasteiger partial charge in [0, 0.05) is 38.3 Å². The lowest BCUT2D eigenvalue weighted by atomic mass is 10.1. The molecule has 5 nitrogen and oxygen atoms in total. The first-order valence-electron chi connectivity index (χ1n) is 8.83. The number of amides is 1. The predicted octanol–water partition coefficient (Wildman–Crippen LogP) is 2.45. The summed E-state index contributed by atoms with van der Waals surface area (Å²) in [5, 5.41) is 2.93. The van der Waals surface area contributed by atoms with Crippen molar-refractivity contribution < 1.29 is 14.3 Å². The quantitative estimate of drug-likeness (QED) is 0.793. The predicted molar refractivity (Wildman–Crippen MR) is 95.1 cm³/mol. The zero-order chi connectivity index (χ0) is 17.4. The normalized spacial score (nSPS) is 15.7. The minimum Gasteiger partial charge on any atom is -0.492 e. The molecule has 1 fully saturated rings. The highest BCUT2D eigenvalue weighted by atomic mass is 16.5. The van der Waals surface area contributed by atoms with E-state index in [1.165, 1.54) is 0 Å². The molecule has 1 aliphatic heterocycles. The Morgan fingerprint density at radius 1 is 1.38 bits per heavy atom. The molecule has 1 aromatic rings. The molecular weight excluding hydrogens is 304 g/mol. The fourth-order valence-corrected chi connectivity index (χ4v) is 2.75. The summed E-state index contributed by atoms with van der Waals surface area (Å²) in [5.41, 5.74) is 1.05. The molecule has 1 aliphatic rings. The molecule has 24 heavy (non-hydrogen) atoms. The molecule has 1 amide bonds. The highest BCUT2D eigenvalue weighted by Crippen LogP contribution is 2.15. The summed E-state index contributed by atoms with van der Waals surface area (Å²) in [4.78, 5) is 14.0. The van der Waals surface area contributed by atoms with Crippen LogP contribution in [-0.2, 0) is 16.1 Å². The van der Waals surface area contributed by atoms with E-state index in [-0.39, 0.29) is 11.8 Å². The fourth-order valence-electron chi connectivity index (χ4n) is 2.75. The molecular formula is C19H30N2O3. The molecule has 0 aliphatic carbocycles. The van der Waals surface area contributed by atoms with Crippen LogP contribution in [0.2, 0.25) is 0 Å². The maximum Gasteiger partial charge on any atom is 0.222 e. The fraction of sp³-hybridized carbons (Fsp3) is 0.632. The number of carbonyl (C=O) groups is 1. The first-order valence-corrected chi connectivity index (χ1v) is 8.83. The van der Waals surface area contributed by atoms with E-state index in [0.29, 0.717) is 19.2 Å². The standard InChI is InChI=1S/C19H30N2O3/c1-15(2)19(22)20-14-16-5-4-6-18(13-16)24-12-9-21(3)17-7-10-23-11-8-17/h4-6,13,15,17H,7-12,14H2,1-3H3,(H,20,22). The monoisotopic (exact) mass is 334 g/mol. The molecule has 0 bridgehead atoms. The molecule has 0 spiro atoms. The minimum atomic E-state index is 0.00478. The molecule has 0 unspecified atom stereocenters. The first kappa shape index (κ1) is 18.7. The SMILES string of the molecule is CC(C)C(=O)NCc1cccc(OCCN(C)C2CCOCC2)c1. The van der Waals surface area contributed by atoms with Crippen molar-refractivity contribution in [1.82, 2.24) is 10.2 Å². The van der Waals surface area contributed by atoms with E-state index >= 15 is 0 Å². The third-order valence-electron chi connectivity index (χ3n) is 4.42. The number of ether oxygens (including phenoxy) is 2.